The first kappa shape index (κ1) is 18.7. The first-order chi connectivity index (χ1) is 13.6. The third kappa shape index (κ3) is 4.16. The van der Waals surface area contributed by atoms with Crippen LogP contribution in [-0.2, 0) is 9.53 Å². The normalized spacial score (nSPS) is 10.0. The number of hydrogen-bond acceptors (Lipinski definition) is 6. The van der Waals surface area contributed by atoms with Gasteiger partial charge in [0.2, 0.25) is 5.69 Å². The molecule has 2 aromatic carbocycles. The average molecular weight is 376 g/mol. The van der Waals surface area contributed by atoms with Crippen LogP contribution < -0.4 is 10.1 Å². The maximum atomic E-state index is 12.3. The zero-order chi connectivity index (χ0) is 19.9. The van der Waals surface area contributed by atoms with E-state index in [9.17, 15) is 9.59 Å². The summed E-state index contributed by atoms with van der Waals surface area (Å²) in [5.41, 5.74) is 1.35. The molecule has 0 bridgehead atoms. The second-order valence-corrected chi connectivity index (χ2v) is 5.61. The van der Waals surface area contributed by atoms with Crippen molar-refractivity contribution in [2.24, 2.45) is 0 Å². The number of ether oxygens (including phenoxy) is 2. The summed E-state index contributed by atoms with van der Waals surface area (Å²) in [6.07, 6.45) is 1.55. The number of nitriles is 1. The van der Waals surface area contributed by atoms with E-state index in [1.54, 1.807) is 30.5 Å². The third-order valence-electron chi connectivity index (χ3n) is 3.77. The van der Waals surface area contributed by atoms with Gasteiger partial charge in [-0.2, -0.15) is 10.4 Å². The van der Waals surface area contributed by atoms with Crippen LogP contribution in [0.5, 0.6) is 5.75 Å². The number of carbonyl (C=O) groups is 2. The highest BCUT2D eigenvalue weighted by molar-refractivity contribution is 5.96. The molecule has 0 atom stereocenters. The van der Waals surface area contributed by atoms with Crippen molar-refractivity contribution in [1.82, 2.24) is 9.78 Å². The molecule has 1 N–H and O–H groups in total. The van der Waals surface area contributed by atoms with Crippen molar-refractivity contribution >= 4 is 17.6 Å². The van der Waals surface area contributed by atoms with Crippen molar-refractivity contribution in [1.29, 1.82) is 5.26 Å². The molecule has 0 radical (unpaired) electrons. The topological polar surface area (TPSA) is 106 Å². The Morgan fingerprint density at radius 2 is 1.86 bits per heavy atom. The van der Waals surface area contributed by atoms with Crippen LogP contribution in [0.15, 0.2) is 60.8 Å². The van der Waals surface area contributed by atoms with E-state index in [2.05, 4.69) is 10.4 Å². The Balaban J connectivity index is 1.67. The fourth-order valence-corrected chi connectivity index (χ4v) is 2.44. The fraction of sp³-hybridized carbons (Fsp3) is 0.100. The van der Waals surface area contributed by atoms with Gasteiger partial charge < -0.3 is 14.8 Å². The number of anilines is 1. The van der Waals surface area contributed by atoms with Crippen molar-refractivity contribution in [2.75, 3.05) is 19.0 Å². The molecule has 140 valence electrons. The van der Waals surface area contributed by atoms with Crippen LogP contribution in [0, 0.1) is 11.3 Å². The zero-order valence-electron chi connectivity index (χ0n) is 15.0. The van der Waals surface area contributed by atoms with Crippen LogP contribution in [0.1, 0.15) is 16.1 Å². The molecule has 1 amide bonds. The molecule has 0 fully saturated rings. The Bertz CT molecular complexity index is 1040. The largest absolute Gasteiger partial charge is 0.493 e. The van der Waals surface area contributed by atoms with Crippen LogP contribution in [0.25, 0.3) is 5.69 Å². The molecule has 0 saturated carbocycles. The molecule has 0 unspecified atom stereocenters. The fourth-order valence-electron chi connectivity index (χ4n) is 2.44. The van der Waals surface area contributed by atoms with E-state index in [1.165, 1.54) is 11.8 Å². The second kappa shape index (κ2) is 8.51. The number of nitrogens with one attached hydrogen (secondary N) is 1. The lowest BCUT2D eigenvalue weighted by atomic mass is 10.2. The van der Waals surface area contributed by atoms with Crippen molar-refractivity contribution in [3.05, 3.63) is 72.1 Å². The van der Waals surface area contributed by atoms with Crippen molar-refractivity contribution in [3.8, 4) is 17.5 Å². The number of esters is 1. The monoisotopic (exact) mass is 376 g/mol. The predicted molar refractivity (Wildman–Crippen MR) is 100 cm³/mol. The SMILES string of the molecule is COc1cn(-c2ccccc2)nc1C(=O)OCC(=O)Nc1ccccc1C#N. The van der Waals surface area contributed by atoms with Crippen LogP contribution in [-0.4, -0.2) is 35.4 Å². The lowest BCUT2D eigenvalue weighted by molar-refractivity contribution is -0.119. The maximum absolute atomic E-state index is 12.3. The van der Waals surface area contributed by atoms with Gasteiger partial charge in [0.15, 0.2) is 12.4 Å². The Morgan fingerprint density at radius 1 is 1.14 bits per heavy atom. The first-order valence-corrected chi connectivity index (χ1v) is 8.27. The van der Waals surface area contributed by atoms with Crippen molar-refractivity contribution in [2.45, 2.75) is 0 Å². The number of carbonyl (C=O) groups excluding carboxylic acids is 2. The van der Waals surface area contributed by atoms with Crippen molar-refractivity contribution < 1.29 is 19.1 Å². The molecule has 1 heterocycles. The number of rotatable bonds is 6. The molecule has 3 rings (SSSR count). The standard InChI is InChI=1S/C20H16N4O4/c1-27-17-12-24(15-8-3-2-4-9-15)23-19(17)20(26)28-13-18(25)22-16-10-6-5-7-14(16)11-21/h2-10,12H,13H2,1H3,(H,22,25). The third-order valence-corrected chi connectivity index (χ3v) is 3.77. The molecule has 0 aliphatic carbocycles. The van der Waals surface area contributed by atoms with Crippen LogP contribution in [0.4, 0.5) is 5.69 Å². The number of methoxy groups -OCH3 is 1. The summed E-state index contributed by atoms with van der Waals surface area (Å²) in [6, 6.07) is 17.7. The van der Waals surface area contributed by atoms with E-state index in [0.29, 0.717) is 11.3 Å². The van der Waals surface area contributed by atoms with Crippen molar-refractivity contribution in [3.63, 3.8) is 0 Å². The molecule has 8 nitrogen and oxygen atoms in total. The summed E-state index contributed by atoms with van der Waals surface area (Å²) < 4.78 is 11.7. The molecule has 8 heteroatoms. The highest BCUT2D eigenvalue weighted by atomic mass is 16.5. The van der Waals surface area contributed by atoms with Gasteiger partial charge in [-0.3, -0.25) is 4.79 Å². The summed E-state index contributed by atoms with van der Waals surface area (Å²) >= 11 is 0. The molecule has 1 aromatic heterocycles. The molecule has 0 aliphatic heterocycles. The summed E-state index contributed by atoms with van der Waals surface area (Å²) in [4.78, 5) is 24.4. The van der Waals surface area contributed by atoms with Gasteiger partial charge in [0.05, 0.1) is 30.2 Å². The second-order valence-electron chi connectivity index (χ2n) is 5.61. The number of para-hydroxylation sites is 2. The van der Waals surface area contributed by atoms with Gasteiger partial charge in [-0.05, 0) is 24.3 Å². The lowest BCUT2D eigenvalue weighted by Gasteiger charge is -2.07. The number of hydrogen-bond donors (Lipinski definition) is 1. The molecule has 0 aliphatic rings. The van der Waals surface area contributed by atoms with Crippen LogP contribution in [0.3, 0.4) is 0 Å². The van der Waals surface area contributed by atoms with E-state index in [0.717, 1.165) is 5.69 Å². The molecule has 0 saturated heterocycles. The highest BCUT2D eigenvalue weighted by Gasteiger charge is 2.21. The minimum Gasteiger partial charge on any atom is -0.493 e. The van der Waals surface area contributed by atoms with Gasteiger partial charge in [0.1, 0.15) is 6.07 Å². The molecule has 28 heavy (non-hydrogen) atoms. The summed E-state index contributed by atoms with van der Waals surface area (Å²) in [7, 11) is 1.41. The molecular formula is C20H16N4O4. The Hall–Kier alpha value is -4.12. The predicted octanol–water partition coefficient (Wildman–Crippen LogP) is 2.55. The number of nitrogens with zero attached hydrogens (tertiary/aromatic N) is 3. The zero-order valence-corrected chi connectivity index (χ0v) is 15.0. The van der Waals surface area contributed by atoms with E-state index in [1.807, 2.05) is 36.4 Å². The minimum absolute atomic E-state index is 0.0448. The number of aromatic nitrogens is 2. The maximum Gasteiger partial charge on any atom is 0.363 e. The van der Waals surface area contributed by atoms with Gasteiger partial charge in [0.25, 0.3) is 5.91 Å². The van der Waals surface area contributed by atoms with E-state index in [4.69, 9.17) is 14.7 Å². The van der Waals surface area contributed by atoms with Gasteiger partial charge >= 0.3 is 5.97 Å². The van der Waals surface area contributed by atoms with Gasteiger partial charge in [-0.1, -0.05) is 30.3 Å². The first-order valence-electron chi connectivity index (χ1n) is 8.27. The molecular weight excluding hydrogens is 360 g/mol. The van der Waals surface area contributed by atoms with Gasteiger partial charge in [-0.25, -0.2) is 9.48 Å². The van der Waals surface area contributed by atoms with Crippen LogP contribution >= 0.6 is 0 Å². The van der Waals surface area contributed by atoms with Gasteiger partial charge in [0, 0.05) is 0 Å². The van der Waals surface area contributed by atoms with E-state index in [-0.39, 0.29) is 11.4 Å². The Morgan fingerprint density at radius 3 is 2.57 bits per heavy atom. The summed E-state index contributed by atoms with van der Waals surface area (Å²) in [6.45, 7) is -0.528. The number of amides is 1. The van der Waals surface area contributed by atoms with E-state index >= 15 is 0 Å². The molecule has 0 spiro atoms. The quantitative estimate of drug-likeness (QED) is 0.663. The summed E-state index contributed by atoms with van der Waals surface area (Å²) in [5.74, 6) is -1.14. The lowest BCUT2D eigenvalue weighted by Crippen LogP contribution is -2.21. The highest BCUT2D eigenvalue weighted by Crippen LogP contribution is 2.20. The van der Waals surface area contributed by atoms with Gasteiger partial charge in [-0.15, -0.1) is 0 Å². The molecule has 3 aromatic rings. The van der Waals surface area contributed by atoms with Crippen LogP contribution in [0.2, 0.25) is 0 Å². The smallest absolute Gasteiger partial charge is 0.363 e. The number of benzene rings is 2. The Kier molecular flexibility index (Phi) is 5.67. The van der Waals surface area contributed by atoms with E-state index < -0.39 is 18.5 Å². The summed E-state index contributed by atoms with van der Waals surface area (Å²) in [5, 5.41) is 15.8. The Labute approximate surface area is 160 Å². The average Bonchev–Trinajstić information content (AvgIpc) is 3.18. The minimum atomic E-state index is -0.796.